The van der Waals surface area contributed by atoms with Crippen molar-refractivity contribution in [3.8, 4) is 16.9 Å². The van der Waals surface area contributed by atoms with Crippen LogP contribution in [-0.4, -0.2) is 15.6 Å². The maximum absolute atomic E-state index is 13.3. The predicted molar refractivity (Wildman–Crippen MR) is 97.2 cm³/mol. The summed E-state index contributed by atoms with van der Waals surface area (Å²) in [5, 5.41) is 8.59. The number of halogens is 4. The third kappa shape index (κ3) is 4.17. The van der Waals surface area contributed by atoms with Gasteiger partial charge in [-0.3, -0.25) is 4.79 Å². The number of carbonyl (C=O) groups is 1. The second-order valence-electron chi connectivity index (χ2n) is 5.97. The highest BCUT2D eigenvalue weighted by Crippen LogP contribution is 2.37. The number of aromatic nitrogens is 1. The summed E-state index contributed by atoms with van der Waals surface area (Å²) >= 11 is 5.73. The summed E-state index contributed by atoms with van der Waals surface area (Å²) in [6.45, 7) is 0. The van der Waals surface area contributed by atoms with Crippen LogP contribution in [0.3, 0.4) is 0 Å². The van der Waals surface area contributed by atoms with E-state index in [2.05, 4.69) is 0 Å². The molecule has 0 saturated carbocycles. The Kier molecular flexibility index (Phi) is 5.28. The number of aliphatic carboxylic acids is 1. The van der Waals surface area contributed by atoms with E-state index in [9.17, 15) is 18.0 Å². The van der Waals surface area contributed by atoms with Crippen LogP contribution >= 0.6 is 11.6 Å². The molecule has 0 amide bonds. The van der Waals surface area contributed by atoms with E-state index in [0.717, 1.165) is 11.6 Å². The Bertz CT molecular complexity index is 965. The topological polar surface area (TPSA) is 42.2 Å². The zero-order valence-corrected chi connectivity index (χ0v) is 14.8. The third-order valence-electron chi connectivity index (χ3n) is 4.14. The van der Waals surface area contributed by atoms with Gasteiger partial charge in [0, 0.05) is 11.4 Å². The first-order valence-electron chi connectivity index (χ1n) is 8.12. The Morgan fingerprint density at radius 1 is 1.04 bits per heavy atom. The Morgan fingerprint density at radius 2 is 1.74 bits per heavy atom. The molecule has 0 aliphatic carbocycles. The minimum absolute atomic E-state index is 0.127. The lowest BCUT2D eigenvalue weighted by atomic mass is 10.1. The van der Waals surface area contributed by atoms with Gasteiger partial charge >= 0.3 is 12.1 Å². The number of carboxylic acid groups (broad SMARTS) is 1. The van der Waals surface area contributed by atoms with Gasteiger partial charge in [0.05, 0.1) is 22.7 Å². The molecule has 3 aromatic rings. The molecule has 3 rings (SSSR count). The molecular formula is C20H15ClF3NO2. The average Bonchev–Trinajstić information content (AvgIpc) is 3.04. The fourth-order valence-corrected chi connectivity index (χ4v) is 3.14. The molecule has 0 saturated heterocycles. The molecule has 0 bridgehead atoms. The zero-order chi connectivity index (χ0) is 19.6. The number of aryl methyl sites for hydroxylation is 1. The fraction of sp³-hybridized carbons (Fsp3) is 0.150. The first-order valence-corrected chi connectivity index (χ1v) is 8.50. The summed E-state index contributed by atoms with van der Waals surface area (Å²) in [5.74, 6) is -0.976. The van der Waals surface area contributed by atoms with Crippen LogP contribution in [0.25, 0.3) is 16.9 Å². The van der Waals surface area contributed by atoms with Crippen molar-refractivity contribution in [2.45, 2.75) is 19.0 Å². The van der Waals surface area contributed by atoms with Crippen LogP contribution in [0.2, 0.25) is 5.02 Å². The molecule has 0 fully saturated rings. The van der Waals surface area contributed by atoms with Crippen molar-refractivity contribution in [1.29, 1.82) is 0 Å². The molecule has 2 aromatic carbocycles. The van der Waals surface area contributed by atoms with Gasteiger partial charge in [0.15, 0.2) is 0 Å². The zero-order valence-electron chi connectivity index (χ0n) is 14.0. The molecule has 7 heteroatoms. The van der Waals surface area contributed by atoms with Crippen molar-refractivity contribution < 1.29 is 23.1 Å². The highest BCUT2D eigenvalue weighted by molar-refractivity contribution is 6.31. The molecular weight excluding hydrogens is 379 g/mol. The molecule has 1 N–H and O–H groups in total. The van der Waals surface area contributed by atoms with Gasteiger partial charge < -0.3 is 9.67 Å². The molecule has 27 heavy (non-hydrogen) atoms. The second kappa shape index (κ2) is 7.48. The molecule has 140 valence electrons. The maximum atomic E-state index is 13.3. The number of rotatable bonds is 5. The Balaban J connectivity index is 2.18. The normalized spacial score (nSPS) is 11.6. The number of benzene rings is 2. The van der Waals surface area contributed by atoms with Gasteiger partial charge in [0.25, 0.3) is 0 Å². The minimum Gasteiger partial charge on any atom is -0.481 e. The first-order chi connectivity index (χ1) is 12.8. The van der Waals surface area contributed by atoms with Gasteiger partial charge in [0.1, 0.15) is 0 Å². The van der Waals surface area contributed by atoms with Gasteiger partial charge in [-0.25, -0.2) is 0 Å². The Morgan fingerprint density at radius 3 is 2.37 bits per heavy atom. The summed E-state index contributed by atoms with van der Waals surface area (Å²) in [4.78, 5) is 11.0. The first kappa shape index (κ1) is 19.0. The number of hydrogen-bond donors (Lipinski definition) is 1. The van der Waals surface area contributed by atoms with Gasteiger partial charge in [-0.1, -0.05) is 41.9 Å². The molecule has 0 spiro atoms. The van der Waals surface area contributed by atoms with E-state index < -0.39 is 17.7 Å². The van der Waals surface area contributed by atoms with Crippen molar-refractivity contribution in [2.24, 2.45) is 0 Å². The summed E-state index contributed by atoms with van der Waals surface area (Å²) in [7, 11) is 0. The van der Waals surface area contributed by atoms with Gasteiger partial charge in [-0.2, -0.15) is 13.2 Å². The van der Waals surface area contributed by atoms with Crippen molar-refractivity contribution in [3.05, 3.63) is 76.9 Å². The molecule has 0 atom stereocenters. The van der Waals surface area contributed by atoms with Crippen LogP contribution < -0.4 is 0 Å². The molecule has 0 aliphatic rings. The number of hydrogen-bond acceptors (Lipinski definition) is 1. The largest absolute Gasteiger partial charge is 0.481 e. The van der Waals surface area contributed by atoms with Crippen LogP contribution in [0.4, 0.5) is 13.2 Å². The number of alkyl halides is 3. The van der Waals surface area contributed by atoms with Crippen molar-refractivity contribution in [3.63, 3.8) is 0 Å². The van der Waals surface area contributed by atoms with E-state index in [1.165, 1.54) is 12.1 Å². The van der Waals surface area contributed by atoms with Crippen LogP contribution in [-0.2, 0) is 17.4 Å². The van der Waals surface area contributed by atoms with E-state index in [0.29, 0.717) is 11.4 Å². The van der Waals surface area contributed by atoms with E-state index >= 15 is 0 Å². The van der Waals surface area contributed by atoms with E-state index in [1.54, 1.807) is 16.7 Å². The summed E-state index contributed by atoms with van der Waals surface area (Å²) in [5.41, 5.74) is 1.43. The van der Waals surface area contributed by atoms with Gasteiger partial charge in [0.2, 0.25) is 0 Å². The fourth-order valence-electron chi connectivity index (χ4n) is 2.92. The third-order valence-corrected chi connectivity index (χ3v) is 4.47. The summed E-state index contributed by atoms with van der Waals surface area (Å²) in [6, 6.07) is 16.4. The van der Waals surface area contributed by atoms with Gasteiger partial charge in [-0.05, 0) is 42.3 Å². The lowest BCUT2D eigenvalue weighted by molar-refractivity contribution is -0.138. The van der Waals surface area contributed by atoms with E-state index in [-0.39, 0.29) is 23.6 Å². The smallest absolute Gasteiger partial charge is 0.417 e. The highest BCUT2D eigenvalue weighted by atomic mass is 35.5. The average molecular weight is 394 g/mol. The van der Waals surface area contributed by atoms with Crippen LogP contribution in [0, 0.1) is 0 Å². The van der Waals surface area contributed by atoms with Crippen molar-refractivity contribution in [1.82, 2.24) is 4.57 Å². The SMILES string of the molecule is O=C(O)CCc1ccc(-c2ccccc2)n1-c1ccc(Cl)c(C(F)(F)F)c1. The molecule has 0 unspecified atom stereocenters. The van der Waals surface area contributed by atoms with E-state index in [4.69, 9.17) is 16.7 Å². The molecule has 1 heterocycles. The number of nitrogens with zero attached hydrogens (tertiary/aromatic N) is 1. The second-order valence-corrected chi connectivity index (χ2v) is 6.37. The maximum Gasteiger partial charge on any atom is 0.417 e. The van der Waals surface area contributed by atoms with Gasteiger partial charge in [-0.15, -0.1) is 0 Å². The van der Waals surface area contributed by atoms with E-state index in [1.807, 2.05) is 30.3 Å². The Labute approximate surface area is 158 Å². The van der Waals surface area contributed by atoms with Crippen molar-refractivity contribution >= 4 is 17.6 Å². The number of carboxylic acids is 1. The molecule has 0 aliphatic heterocycles. The monoisotopic (exact) mass is 393 g/mol. The standard InChI is InChI=1S/C20H15ClF3NO2/c21-17-9-6-15(12-16(17)20(22,23)24)25-14(8-11-19(26)27)7-10-18(25)13-4-2-1-3-5-13/h1-7,9-10,12H,8,11H2,(H,26,27). The van der Waals surface area contributed by atoms with Crippen LogP contribution in [0.5, 0.6) is 0 Å². The minimum atomic E-state index is -4.59. The molecule has 0 radical (unpaired) electrons. The quantitative estimate of drug-likeness (QED) is 0.592. The summed E-state index contributed by atoms with van der Waals surface area (Å²) in [6.07, 6.45) is -4.53. The lowest BCUT2D eigenvalue weighted by Crippen LogP contribution is -2.09. The lowest BCUT2D eigenvalue weighted by Gasteiger charge is -2.17. The van der Waals surface area contributed by atoms with Crippen LogP contribution in [0.1, 0.15) is 17.7 Å². The predicted octanol–water partition coefficient (Wildman–Crippen LogP) is 5.83. The van der Waals surface area contributed by atoms with Crippen LogP contribution in [0.15, 0.2) is 60.7 Å². The molecule has 3 nitrogen and oxygen atoms in total. The summed E-state index contributed by atoms with van der Waals surface area (Å²) < 4.78 is 41.5. The Hall–Kier alpha value is -2.73. The molecule has 1 aromatic heterocycles. The highest BCUT2D eigenvalue weighted by Gasteiger charge is 2.33. The van der Waals surface area contributed by atoms with Crippen molar-refractivity contribution in [2.75, 3.05) is 0 Å².